The third-order valence-corrected chi connectivity index (χ3v) is 4.67. The molecule has 1 aliphatic rings. The van der Waals surface area contributed by atoms with Crippen molar-refractivity contribution in [1.29, 1.82) is 0 Å². The number of esters is 1. The first-order chi connectivity index (χ1) is 10.5. The Bertz CT molecular complexity index is 579. The Balaban J connectivity index is 1.96. The number of rotatable bonds is 3. The molecule has 0 bridgehead atoms. The minimum Gasteiger partial charge on any atom is -0.468 e. The Morgan fingerprint density at radius 1 is 1.50 bits per heavy atom. The number of nitrogens with zero attached hydrogens (tertiary/aromatic N) is 2. The fourth-order valence-electron chi connectivity index (χ4n) is 1.98. The molecule has 0 unspecified atom stereocenters. The lowest BCUT2D eigenvalue weighted by atomic mass is 10.3. The number of thiocarbonyl (C=S) groups is 1. The molecule has 1 N–H and O–H groups in total. The smallest absolute Gasteiger partial charge is 0.320 e. The molecule has 0 amide bonds. The number of benzene rings is 1. The van der Waals surface area contributed by atoms with Crippen LogP contribution in [0.5, 0.6) is 0 Å². The van der Waals surface area contributed by atoms with Crippen LogP contribution < -0.4 is 5.32 Å². The second kappa shape index (κ2) is 7.41. The molecule has 0 aliphatic carbocycles. The lowest BCUT2D eigenvalue weighted by Gasteiger charge is -2.32. The summed E-state index contributed by atoms with van der Waals surface area (Å²) < 4.78 is 4.76. The third kappa shape index (κ3) is 4.08. The molecule has 2 rings (SSSR count). The van der Waals surface area contributed by atoms with Crippen molar-refractivity contribution < 1.29 is 14.5 Å². The minimum atomic E-state index is -0.453. The van der Waals surface area contributed by atoms with Gasteiger partial charge in [0.2, 0.25) is 0 Å². The predicted octanol–water partition coefficient (Wildman–Crippen LogP) is 1.88. The highest BCUT2D eigenvalue weighted by atomic mass is 32.2. The van der Waals surface area contributed by atoms with Gasteiger partial charge in [-0.15, -0.1) is 11.8 Å². The molecule has 1 aliphatic heterocycles. The number of hydrogen-bond donors (Lipinski definition) is 1. The van der Waals surface area contributed by atoms with Crippen LogP contribution in [0.1, 0.15) is 0 Å². The number of nitrogens with one attached hydrogen (secondary N) is 1. The van der Waals surface area contributed by atoms with E-state index in [1.807, 2.05) is 4.90 Å². The van der Waals surface area contributed by atoms with E-state index in [1.165, 1.54) is 19.2 Å². The first-order valence-corrected chi connectivity index (χ1v) is 7.97. The summed E-state index contributed by atoms with van der Waals surface area (Å²) in [5, 5.41) is 13.9. The molecule has 1 heterocycles. The first-order valence-electron chi connectivity index (χ1n) is 6.51. The molecule has 7 nitrogen and oxygen atoms in total. The highest BCUT2D eigenvalue weighted by molar-refractivity contribution is 8.00. The number of hydrogen-bond acceptors (Lipinski definition) is 6. The molecule has 0 radical (unpaired) electrons. The normalized spacial score (nSPS) is 17.7. The van der Waals surface area contributed by atoms with Crippen LogP contribution in [0.15, 0.2) is 24.3 Å². The molecular formula is C13H15N3O4S2. The van der Waals surface area contributed by atoms with E-state index in [0.717, 1.165) is 12.3 Å². The maximum absolute atomic E-state index is 11.6. The second-order valence-corrected chi connectivity index (χ2v) is 6.26. The van der Waals surface area contributed by atoms with E-state index in [9.17, 15) is 14.9 Å². The van der Waals surface area contributed by atoms with Gasteiger partial charge in [-0.25, -0.2) is 0 Å². The van der Waals surface area contributed by atoms with Crippen molar-refractivity contribution >= 4 is 46.4 Å². The van der Waals surface area contributed by atoms with Crippen molar-refractivity contribution in [3.63, 3.8) is 0 Å². The van der Waals surface area contributed by atoms with Crippen LogP contribution in [0.4, 0.5) is 11.4 Å². The third-order valence-electron chi connectivity index (χ3n) is 3.15. The monoisotopic (exact) mass is 341 g/mol. The van der Waals surface area contributed by atoms with Gasteiger partial charge in [0.15, 0.2) is 5.11 Å². The topological polar surface area (TPSA) is 84.7 Å². The Morgan fingerprint density at radius 2 is 2.18 bits per heavy atom. The van der Waals surface area contributed by atoms with Gasteiger partial charge in [0, 0.05) is 36.7 Å². The molecule has 118 valence electrons. The molecule has 22 heavy (non-hydrogen) atoms. The van der Waals surface area contributed by atoms with E-state index in [0.29, 0.717) is 17.3 Å². The summed E-state index contributed by atoms with van der Waals surface area (Å²) >= 11 is 6.89. The van der Waals surface area contributed by atoms with Gasteiger partial charge in [0.25, 0.3) is 5.69 Å². The molecule has 1 aromatic rings. The Morgan fingerprint density at radius 3 is 2.77 bits per heavy atom. The summed E-state index contributed by atoms with van der Waals surface area (Å²) in [5.41, 5.74) is 0.694. The molecule has 0 aromatic heterocycles. The van der Waals surface area contributed by atoms with Gasteiger partial charge in [0.05, 0.1) is 12.0 Å². The zero-order chi connectivity index (χ0) is 16.1. The van der Waals surface area contributed by atoms with Crippen LogP contribution in [0.3, 0.4) is 0 Å². The summed E-state index contributed by atoms with van der Waals surface area (Å²) in [6.45, 7) is 1.22. The zero-order valence-corrected chi connectivity index (χ0v) is 13.5. The van der Waals surface area contributed by atoms with Crippen LogP contribution >= 0.6 is 24.0 Å². The molecular weight excluding hydrogens is 326 g/mol. The van der Waals surface area contributed by atoms with E-state index < -0.39 is 4.92 Å². The number of thioether (sulfide) groups is 1. The maximum Gasteiger partial charge on any atom is 0.320 e. The van der Waals surface area contributed by atoms with Gasteiger partial charge in [-0.3, -0.25) is 14.9 Å². The Hall–Kier alpha value is -1.87. The number of ether oxygens (including phenoxy) is 1. The average Bonchev–Trinajstić information content (AvgIpc) is 2.54. The molecule has 9 heteroatoms. The van der Waals surface area contributed by atoms with E-state index >= 15 is 0 Å². The van der Waals surface area contributed by atoms with Gasteiger partial charge >= 0.3 is 5.97 Å². The minimum absolute atomic E-state index is 0.0246. The summed E-state index contributed by atoms with van der Waals surface area (Å²) in [4.78, 5) is 23.7. The summed E-state index contributed by atoms with van der Waals surface area (Å²) in [7, 11) is 1.37. The van der Waals surface area contributed by atoms with Crippen LogP contribution in [0.2, 0.25) is 0 Å². The number of carbonyl (C=O) groups is 1. The highest BCUT2D eigenvalue weighted by Crippen LogP contribution is 2.21. The average molecular weight is 341 g/mol. The zero-order valence-electron chi connectivity index (χ0n) is 11.9. The van der Waals surface area contributed by atoms with E-state index in [2.05, 4.69) is 5.32 Å². The lowest BCUT2D eigenvalue weighted by Crippen LogP contribution is -2.46. The van der Waals surface area contributed by atoms with Gasteiger partial charge in [-0.1, -0.05) is 0 Å². The fourth-order valence-corrected chi connectivity index (χ4v) is 3.39. The predicted molar refractivity (Wildman–Crippen MR) is 89.2 cm³/mol. The van der Waals surface area contributed by atoms with Crippen molar-refractivity contribution in [2.24, 2.45) is 0 Å². The van der Waals surface area contributed by atoms with E-state index in [4.69, 9.17) is 17.0 Å². The Kier molecular flexibility index (Phi) is 5.56. The highest BCUT2D eigenvalue weighted by Gasteiger charge is 2.28. The van der Waals surface area contributed by atoms with Crippen LogP contribution in [0.25, 0.3) is 0 Å². The number of carbonyl (C=O) groups excluding carboxylic acids is 1. The molecule has 0 saturated carbocycles. The van der Waals surface area contributed by atoms with E-state index in [1.54, 1.807) is 23.9 Å². The molecule has 0 spiro atoms. The van der Waals surface area contributed by atoms with Crippen LogP contribution in [-0.2, 0) is 9.53 Å². The molecule has 1 aromatic carbocycles. The quantitative estimate of drug-likeness (QED) is 0.386. The van der Waals surface area contributed by atoms with Crippen molar-refractivity contribution in [2.45, 2.75) is 5.25 Å². The van der Waals surface area contributed by atoms with E-state index in [-0.39, 0.29) is 16.9 Å². The Labute approximate surface area is 137 Å². The summed E-state index contributed by atoms with van der Waals surface area (Å²) in [6.07, 6.45) is 0. The molecule has 1 saturated heterocycles. The van der Waals surface area contributed by atoms with Crippen LogP contribution in [0, 0.1) is 10.1 Å². The summed E-state index contributed by atoms with van der Waals surface area (Å²) in [6, 6.07) is 6.02. The maximum atomic E-state index is 11.6. The van der Waals surface area contributed by atoms with Crippen LogP contribution in [-0.4, -0.2) is 52.1 Å². The molecule has 1 atom stereocenters. The SMILES string of the molecule is COC(=O)[C@@H]1CN(C(=S)Nc2ccc([N+](=O)[O-])cc2)CCS1. The second-order valence-electron chi connectivity index (χ2n) is 4.56. The number of non-ortho nitro benzene ring substituents is 1. The number of anilines is 1. The van der Waals surface area contributed by atoms with Crippen molar-refractivity contribution in [1.82, 2.24) is 4.90 Å². The van der Waals surface area contributed by atoms with Crippen molar-refractivity contribution in [2.75, 3.05) is 31.3 Å². The largest absolute Gasteiger partial charge is 0.468 e. The number of nitro benzene ring substituents is 1. The number of methoxy groups -OCH3 is 1. The van der Waals surface area contributed by atoms with Gasteiger partial charge in [0.1, 0.15) is 5.25 Å². The number of nitro groups is 1. The fraction of sp³-hybridized carbons (Fsp3) is 0.385. The lowest BCUT2D eigenvalue weighted by molar-refractivity contribution is -0.384. The summed E-state index contributed by atoms with van der Waals surface area (Å²) in [5.74, 6) is 0.523. The van der Waals surface area contributed by atoms with Crippen molar-refractivity contribution in [3.8, 4) is 0 Å². The van der Waals surface area contributed by atoms with Gasteiger partial charge < -0.3 is 15.0 Å². The molecule has 1 fully saturated rings. The first kappa shape index (κ1) is 16.5. The van der Waals surface area contributed by atoms with Gasteiger partial charge in [-0.2, -0.15) is 0 Å². The standard InChI is InChI=1S/C13H15N3O4S2/c1-20-12(17)11-8-15(6-7-22-11)13(21)14-9-2-4-10(5-3-9)16(18)19/h2-5,11H,6-8H2,1H3,(H,14,21)/t11-/m0/s1. The van der Waals surface area contributed by atoms with Crippen molar-refractivity contribution in [3.05, 3.63) is 34.4 Å². The van der Waals surface area contributed by atoms with Gasteiger partial charge in [-0.05, 0) is 24.4 Å².